The zero-order valence-electron chi connectivity index (χ0n) is 15.8. The third kappa shape index (κ3) is 16.0. The summed E-state index contributed by atoms with van der Waals surface area (Å²) in [7, 11) is 1.77. The predicted molar refractivity (Wildman–Crippen MR) is 96.8 cm³/mol. The highest BCUT2D eigenvalue weighted by Gasteiger charge is 2.07. The SMILES string of the molecule is CCCCCCN(CCCCCCOC)CCCC(=O)OCC. The molecular weight excluding hydrogens is 290 g/mol. The molecule has 0 aromatic rings. The van der Waals surface area contributed by atoms with E-state index in [4.69, 9.17) is 9.47 Å². The van der Waals surface area contributed by atoms with Crippen LogP contribution in [0, 0.1) is 0 Å². The molecule has 0 saturated carbocycles. The smallest absolute Gasteiger partial charge is 0.305 e. The summed E-state index contributed by atoms with van der Waals surface area (Å²) < 4.78 is 10.1. The number of hydrogen-bond acceptors (Lipinski definition) is 4. The van der Waals surface area contributed by atoms with Crippen molar-refractivity contribution < 1.29 is 14.3 Å². The van der Waals surface area contributed by atoms with Crippen LogP contribution in [-0.2, 0) is 14.3 Å². The Hall–Kier alpha value is -0.610. The van der Waals surface area contributed by atoms with Crippen molar-refractivity contribution in [3.05, 3.63) is 0 Å². The Bertz CT molecular complexity index is 259. The highest BCUT2D eigenvalue weighted by Crippen LogP contribution is 2.07. The van der Waals surface area contributed by atoms with E-state index in [0.29, 0.717) is 13.0 Å². The Morgan fingerprint density at radius 1 is 0.826 bits per heavy atom. The van der Waals surface area contributed by atoms with E-state index in [1.165, 1.54) is 51.5 Å². The van der Waals surface area contributed by atoms with Crippen LogP contribution in [0.1, 0.15) is 78.1 Å². The molecule has 0 radical (unpaired) electrons. The zero-order chi connectivity index (χ0) is 17.2. The Morgan fingerprint density at radius 3 is 2.04 bits per heavy atom. The van der Waals surface area contributed by atoms with Crippen molar-refractivity contribution in [2.45, 2.75) is 78.1 Å². The summed E-state index contributed by atoms with van der Waals surface area (Å²) in [6.07, 6.45) is 11.6. The summed E-state index contributed by atoms with van der Waals surface area (Å²) >= 11 is 0. The molecular formula is C19H39NO3. The molecule has 0 atom stereocenters. The monoisotopic (exact) mass is 329 g/mol. The Kier molecular flexibility index (Phi) is 17.3. The average Bonchev–Trinajstić information content (AvgIpc) is 2.54. The number of methoxy groups -OCH3 is 1. The molecule has 0 saturated heterocycles. The summed E-state index contributed by atoms with van der Waals surface area (Å²) in [5.41, 5.74) is 0. The molecule has 0 aromatic carbocycles. The number of carbonyl (C=O) groups is 1. The maximum Gasteiger partial charge on any atom is 0.305 e. The number of ether oxygens (including phenoxy) is 2. The van der Waals surface area contributed by atoms with E-state index in [1.807, 2.05) is 6.92 Å². The Labute approximate surface area is 143 Å². The lowest BCUT2D eigenvalue weighted by atomic mass is 10.1. The summed E-state index contributed by atoms with van der Waals surface area (Å²) in [5.74, 6) is -0.0574. The van der Waals surface area contributed by atoms with E-state index in [-0.39, 0.29) is 5.97 Å². The van der Waals surface area contributed by atoms with E-state index in [0.717, 1.165) is 32.5 Å². The summed E-state index contributed by atoms with van der Waals surface area (Å²) in [4.78, 5) is 14.0. The predicted octanol–water partition coefficient (Wildman–Crippen LogP) is 4.42. The number of carbonyl (C=O) groups excluding carboxylic acids is 1. The molecule has 0 fully saturated rings. The molecule has 4 nitrogen and oxygen atoms in total. The zero-order valence-corrected chi connectivity index (χ0v) is 15.8. The van der Waals surface area contributed by atoms with Gasteiger partial charge in [0, 0.05) is 20.1 Å². The lowest BCUT2D eigenvalue weighted by Crippen LogP contribution is -2.28. The Morgan fingerprint density at radius 2 is 1.43 bits per heavy atom. The molecule has 23 heavy (non-hydrogen) atoms. The van der Waals surface area contributed by atoms with Crippen LogP contribution in [0.3, 0.4) is 0 Å². The van der Waals surface area contributed by atoms with Crippen LogP contribution >= 0.6 is 0 Å². The van der Waals surface area contributed by atoms with Crippen LogP contribution < -0.4 is 0 Å². The number of unbranched alkanes of at least 4 members (excludes halogenated alkanes) is 6. The highest BCUT2D eigenvalue weighted by molar-refractivity contribution is 5.69. The van der Waals surface area contributed by atoms with Gasteiger partial charge in [0.1, 0.15) is 0 Å². The summed E-state index contributed by atoms with van der Waals surface area (Å²) in [5, 5.41) is 0. The second-order valence-corrected chi connectivity index (χ2v) is 6.22. The van der Waals surface area contributed by atoms with Crippen molar-refractivity contribution >= 4 is 5.97 Å². The van der Waals surface area contributed by atoms with Gasteiger partial charge in [-0.25, -0.2) is 0 Å². The van der Waals surface area contributed by atoms with Gasteiger partial charge in [-0.2, -0.15) is 0 Å². The molecule has 0 rings (SSSR count). The standard InChI is InChI=1S/C19H39NO3/c1-4-6-7-10-15-20(16-11-8-9-12-18-22-3)17-13-14-19(21)23-5-2/h4-18H2,1-3H3. The number of nitrogens with zero attached hydrogens (tertiary/aromatic N) is 1. The molecule has 0 N–H and O–H groups in total. The molecule has 4 heteroatoms. The molecule has 0 aliphatic heterocycles. The summed E-state index contributed by atoms with van der Waals surface area (Å²) in [6, 6.07) is 0. The van der Waals surface area contributed by atoms with Gasteiger partial charge in [0.2, 0.25) is 0 Å². The van der Waals surface area contributed by atoms with E-state index in [2.05, 4.69) is 11.8 Å². The van der Waals surface area contributed by atoms with Crippen molar-refractivity contribution in [3.63, 3.8) is 0 Å². The van der Waals surface area contributed by atoms with Gasteiger partial charge >= 0.3 is 5.97 Å². The maximum atomic E-state index is 11.4. The molecule has 0 heterocycles. The van der Waals surface area contributed by atoms with Gasteiger partial charge in [0.15, 0.2) is 0 Å². The van der Waals surface area contributed by atoms with Crippen LogP contribution in [0.4, 0.5) is 0 Å². The largest absolute Gasteiger partial charge is 0.466 e. The molecule has 0 aliphatic rings. The first kappa shape index (κ1) is 22.4. The first-order chi connectivity index (χ1) is 11.2. The fourth-order valence-electron chi connectivity index (χ4n) is 2.71. The van der Waals surface area contributed by atoms with E-state index in [1.54, 1.807) is 7.11 Å². The molecule has 0 amide bonds. The highest BCUT2D eigenvalue weighted by atomic mass is 16.5. The lowest BCUT2D eigenvalue weighted by Gasteiger charge is -2.22. The van der Waals surface area contributed by atoms with E-state index in [9.17, 15) is 4.79 Å². The van der Waals surface area contributed by atoms with Crippen LogP contribution in [0.2, 0.25) is 0 Å². The van der Waals surface area contributed by atoms with Crippen molar-refractivity contribution in [1.29, 1.82) is 0 Å². The number of hydrogen-bond donors (Lipinski definition) is 0. The van der Waals surface area contributed by atoms with Gasteiger partial charge in [0.25, 0.3) is 0 Å². The molecule has 0 aliphatic carbocycles. The maximum absolute atomic E-state index is 11.4. The fraction of sp³-hybridized carbons (Fsp3) is 0.947. The molecule has 0 spiro atoms. The van der Waals surface area contributed by atoms with Gasteiger partial charge in [-0.05, 0) is 52.2 Å². The van der Waals surface area contributed by atoms with Crippen molar-refractivity contribution in [2.24, 2.45) is 0 Å². The van der Waals surface area contributed by atoms with Crippen LogP contribution in [0.15, 0.2) is 0 Å². The van der Waals surface area contributed by atoms with Crippen LogP contribution in [0.5, 0.6) is 0 Å². The molecule has 0 bridgehead atoms. The number of esters is 1. The minimum Gasteiger partial charge on any atom is -0.466 e. The molecule has 0 aromatic heterocycles. The van der Waals surface area contributed by atoms with E-state index >= 15 is 0 Å². The minimum atomic E-state index is -0.0574. The van der Waals surface area contributed by atoms with Gasteiger partial charge in [-0.1, -0.05) is 39.0 Å². The van der Waals surface area contributed by atoms with Gasteiger partial charge in [-0.3, -0.25) is 4.79 Å². The Balaban J connectivity index is 3.85. The third-order valence-electron chi connectivity index (χ3n) is 4.06. The second-order valence-electron chi connectivity index (χ2n) is 6.22. The van der Waals surface area contributed by atoms with Crippen LogP contribution in [-0.4, -0.2) is 50.8 Å². The van der Waals surface area contributed by atoms with Crippen molar-refractivity contribution in [3.8, 4) is 0 Å². The van der Waals surface area contributed by atoms with E-state index < -0.39 is 0 Å². The van der Waals surface area contributed by atoms with Gasteiger partial charge in [0.05, 0.1) is 6.61 Å². The number of rotatable bonds is 17. The molecule has 138 valence electrons. The van der Waals surface area contributed by atoms with Crippen LogP contribution in [0.25, 0.3) is 0 Å². The molecule has 0 unspecified atom stereocenters. The normalized spacial score (nSPS) is 11.1. The van der Waals surface area contributed by atoms with Gasteiger partial charge in [-0.15, -0.1) is 0 Å². The topological polar surface area (TPSA) is 38.8 Å². The minimum absolute atomic E-state index is 0.0574. The van der Waals surface area contributed by atoms with Gasteiger partial charge < -0.3 is 14.4 Å². The average molecular weight is 330 g/mol. The second kappa shape index (κ2) is 17.7. The lowest BCUT2D eigenvalue weighted by molar-refractivity contribution is -0.143. The van der Waals surface area contributed by atoms with Crippen molar-refractivity contribution in [2.75, 3.05) is 40.0 Å². The first-order valence-electron chi connectivity index (χ1n) is 9.61. The van der Waals surface area contributed by atoms with Crippen molar-refractivity contribution in [1.82, 2.24) is 4.90 Å². The third-order valence-corrected chi connectivity index (χ3v) is 4.06. The summed E-state index contributed by atoms with van der Waals surface area (Å²) in [6.45, 7) is 8.81. The fourth-order valence-corrected chi connectivity index (χ4v) is 2.71. The first-order valence-corrected chi connectivity index (χ1v) is 9.61. The quantitative estimate of drug-likeness (QED) is 0.292.